The molecule has 0 spiro atoms. The Morgan fingerprint density at radius 1 is 1.31 bits per heavy atom. The van der Waals surface area contributed by atoms with E-state index in [0.29, 0.717) is 19.0 Å². The third-order valence-electron chi connectivity index (χ3n) is 4.99. The minimum atomic E-state index is 0.0171. The molecule has 1 saturated carbocycles. The van der Waals surface area contributed by atoms with Gasteiger partial charge in [-0.1, -0.05) is 12.1 Å². The Bertz CT molecular complexity index is 950. The molecule has 6 heteroatoms. The van der Waals surface area contributed by atoms with Crippen LogP contribution >= 0.6 is 0 Å². The highest BCUT2D eigenvalue weighted by molar-refractivity contribution is 5.81. The first-order valence-corrected chi connectivity index (χ1v) is 9.27. The molecule has 1 atom stereocenters. The van der Waals surface area contributed by atoms with Gasteiger partial charge in [0.15, 0.2) is 0 Å². The Hall–Kier alpha value is -2.63. The van der Waals surface area contributed by atoms with Gasteiger partial charge < -0.3 is 9.88 Å². The average molecular weight is 351 g/mol. The summed E-state index contributed by atoms with van der Waals surface area (Å²) in [6.45, 7) is 6.97. The van der Waals surface area contributed by atoms with Crippen LogP contribution in [0.3, 0.4) is 0 Å². The lowest BCUT2D eigenvalue weighted by Crippen LogP contribution is -2.33. The molecule has 0 radical (unpaired) electrons. The summed E-state index contributed by atoms with van der Waals surface area (Å²) in [4.78, 5) is 17.3. The Morgan fingerprint density at radius 2 is 2.08 bits per heavy atom. The highest BCUT2D eigenvalue weighted by Gasteiger charge is 2.30. The Kier molecular flexibility index (Phi) is 4.26. The van der Waals surface area contributed by atoms with E-state index in [0.717, 1.165) is 28.2 Å². The minimum absolute atomic E-state index is 0.0171. The Labute approximate surface area is 153 Å². The van der Waals surface area contributed by atoms with Crippen LogP contribution in [0.4, 0.5) is 0 Å². The molecule has 1 aliphatic carbocycles. The maximum Gasteiger partial charge on any atom is 0.240 e. The highest BCUT2D eigenvalue weighted by atomic mass is 16.1. The van der Waals surface area contributed by atoms with Crippen molar-refractivity contribution in [3.8, 4) is 0 Å². The summed E-state index contributed by atoms with van der Waals surface area (Å²) >= 11 is 0. The first-order valence-electron chi connectivity index (χ1n) is 9.27. The van der Waals surface area contributed by atoms with Crippen molar-refractivity contribution in [3.63, 3.8) is 0 Å². The minimum Gasteiger partial charge on any atom is -0.352 e. The molecular formula is C20H25N5O. The molecule has 26 heavy (non-hydrogen) atoms. The maximum absolute atomic E-state index is 12.6. The fourth-order valence-corrected chi connectivity index (χ4v) is 3.55. The van der Waals surface area contributed by atoms with Gasteiger partial charge in [0, 0.05) is 18.2 Å². The molecule has 3 aromatic rings. The molecule has 2 heterocycles. The van der Waals surface area contributed by atoms with Crippen molar-refractivity contribution in [1.29, 1.82) is 0 Å². The smallest absolute Gasteiger partial charge is 0.240 e. The largest absolute Gasteiger partial charge is 0.352 e. The molecule has 2 aromatic heterocycles. The zero-order valence-corrected chi connectivity index (χ0v) is 15.6. The van der Waals surface area contributed by atoms with Crippen LogP contribution in [-0.2, 0) is 11.3 Å². The lowest BCUT2D eigenvalue weighted by molar-refractivity contribution is -0.121. The second kappa shape index (κ2) is 6.59. The van der Waals surface area contributed by atoms with E-state index in [-0.39, 0.29) is 11.9 Å². The van der Waals surface area contributed by atoms with E-state index in [2.05, 4.69) is 28.0 Å². The van der Waals surface area contributed by atoms with Gasteiger partial charge in [-0.15, -0.1) is 0 Å². The number of aryl methyl sites for hydroxylation is 2. The van der Waals surface area contributed by atoms with Gasteiger partial charge in [-0.25, -0.2) is 4.98 Å². The summed E-state index contributed by atoms with van der Waals surface area (Å²) in [7, 11) is 0. The molecular weight excluding hydrogens is 326 g/mol. The summed E-state index contributed by atoms with van der Waals surface area (Å²) in [5, 5.41) is 7.56. The number of nitrogens with one attached hydrogen (secondary N) is 1. The van der Waals surface area contributed by atoms with Gasteiger partial charge in [-0.2, -0.15) is 5.10 Å². The fraction of sp³-hybridized carbons (Fsp3) is 0.450. The van der Waals surface area contributed by atoms with Gasteiger partial charge in [0.05, 0.1) is 22.8 Å². The number of para-hydroxylation sites is 2. The summed E-state index contributed by atoms with van der Waals surface area (Å²) in [6.07, 6.45) is 2.33. The van der Waals surface area contributed by atoms with Crippen LogP contribution in [0.5, 0.6) is 0 Å². The topological polar surface area (TPSA) is 64.7 Å². The van der Waals surface area contributed by atoms with E-state index in [1.165, 1.54) is 12.8 Å². The van der Waals surface area contributed by atoms with Crippen molar-refractivity contribution in [1.82, 2.24) is 24.6 Å². The van der Waals surface area contributed by atoms with Crippen molar-refractivity contribution in [2.24, 2.45) is 0 Å². The molecule has 0 bridgehead atoms. The molecule has 1 aliphatic rings. The van der Waals surface area contributed by atoms with Crippen LogP contribution in [0, 0.1) is 13.8 Å². The average Bonchev–Trinajstić information content (AvgIpc) is 3.32. The molecule has 4 rings (SSSR count). The zero-order valence-electron chi connectivity index (χ0n) is 15.6. The number of benzene rings is 1. The van der Waals surface area contributed by atoms with Crippen LogP contribution in [0.15, 0.2) is 30.3 Å². The first-order chi connectivity index (χ1) is 12.5. The second-order valence-electron chi connectivity index (χ2n) is 7.34. The van der Waals surface area contributed by atoms with Crippen LogP contribution < -0.4 is 5.32 Å². The first kappa shape index (κ1) is 16.8. The van der Waals surface area contributed by atoms with E-state index in [4.69, 9.17) is 4.98 Å². The van der Waals surface area contributed by atoms with Crippen molar-refractivity contribution >= 4 is 16.9 Å². The third kappa shape index (κ3) is 3.23. The van der Waals surface area contributed by atoms with Gasteiger partial charge in [0.1, 0.15) is 12.4 Å². The summed E-state index contributed by atoms with van der Waals surface area (Å²) in [6, 6.07) is 10.2. The molecule has 0 saturated heterocycles. The number of hydrogen-bond donors (Lipinski definition) is 1. The lowest BCUT2D eigenvalue weighted by Gasteiger charge is -2.16. The molecule has 1 aromatic carbocycles. The number of amides is 1. The summed E-state index contributed by atoms with van der Waals surface area (Å²) in [5.74, 6) is 1.57. The lowest BCUT2D eigenvalue weighted by atomic mass is 10.3. The van der Waals surface area contributed by atoms with Crippen LogP contribution in [0.25, 0.3) is 11.0 Å². The standard InChI is InChI=1S/C20H25N5O/c1-13-10-14(2)25(23-13)15(3)11-21-19(26)12-24-18-7-5-4-6-17(18)22-20(24)16-8-9-16/h4-7,10,15-16H,8-9,11-12H2,1-3H3,(H,21,26)/t15-/m0/s1. The van der Waals surface area contributed by atoms with E-state index >= 15 is 0 Å². The maximum atomic E-state index is 12.6. The van der Waals surface area contributed by atoms with Crippen molar-refractivity contribution in [2.45, 2.75) is 52.1 Å². The summed E-state index contributed by atoms with van der Waals surface area (Å²) < 4.78 is 4.05. The van der Waals surface area contributed by atoms with E-state index in [9.17, 15) is 4.79 Å². The van der Waals surface area contributed by atoms with Crippen molar-refractivity contribution < 1.29 is 4.79 Å². The molecule has 0 aliphatic heterocycles. The molecule has 6 nitrogen and oxygen atoms in total. The van der Waals surface area contributed by atoms with Crippen molar-refractivity contribution in [3.05, 3.63) is 47.5 Å². The Balaban J connectivity index is 1.46. The number of imidazole rings is 1. The van der Waals surface area contributed by atoms with Crippen LogP contribution in [0.1, 0.15) is 48.9 Å². The van der Waals surface area contributed by atoms with Gasteiger partial charge in [0.25, 0.3) is 0 Å². The quantitative estimate of drug-likeness (QED) is 0.742. The van der Waals surface area contributed by atoms with Gasteiger partial charge >= 0.3 is 0 Å². The monoisotopic (exact) mass is 351 g/mol. The Morgan fingerprint density at radius 3 is 2.77 bits per heavy atom. The van der Waals surface area contributed by atoms with E-state index < -0.39 is 0 Å². The number of hydrogen-bond acceptors (Lipinski definition) is 3. The van der Waals surface area contributed by atoms with Gasteiger partial charge in [-0.3, -0.25) is 9.48 Å². The number of nitrogens with zero attached hydrogens (tertiary/aromatic N) is 4. The summed E-state index contributed by atoms with van der Waals surface area (Å²) in [5.41, 5.74) is 4.12. The molecule has 1 N–H and O–H groups in total. The highest BCUT2D eigenvalue weighted by Crippen LogP contribution is 2.40. The number of carbonyl (C=O) groups excluding carboxylic acids is 1. The normalized spacial score (nSPS) is 15.3. The van der Waals surface area contributed by atoms with Gasteiger partial charge in [-0.05, 0) is 51.8 Å². The van der Waals surface area contributed by atoms with E-state index in [1.54, 1.807) is 0 Å². The number of aromatic nitrogens is 4. The SMILES string of the molecule is Cc1cc(C)n([C@@H](C)CNC(=O)Cn2c(C3CC3)nc3ccccc32)n1. The fourth-order valence-electron chi connectivity index (χ4n) is 3.55. The predicted octanol–water partition coefficient (Wildman–Crippen LogP) is 3.10. The molecule has 1 amide bonds. The van der Waals surface area contributed by atoms with Crippen LogP contribution in [-0.4, -0.2) is 31.8 Å². The third-order valence-corrected chi connectivity index (χ3v) is 4.99. The molecule has 1 fully saturated rings. The van der Waals surface area contributed by atoms with Crippen molar-refractivity contribution in [2.75, 3.05) is 6.54 Å². The number of rotatable bonds is 6. The molecule has 0 unspecified atom stereocenters. The van der Waals surface area contributed by atoms with Gasteiger partial charge in [0.2, 0.25) is 5.91 Å². The number of carbonyl (C=O) groups is 1. The van der Waals surface area contributed by atoms with E-state index in [1.807, 2.05) is 42.8 Å². The second-order valence-corrected chi connectivity index (χ2v) is 7.34. The predicted molar refractivity (Wildman–Crippen MR) is 101 cm³/mol. The molecule has 136 valence electrons. The van der Waals surface area contributed by atoms with Crippen LogP contribution in [0.2, 0.25) is 0 Å². The number of fused-ring (bicyclic) bond motifs is 1. The zero-order chi connectivity index (χ0) is 18.3.